The molecule has 0 unspecified atom stereocenters. The van der Waals surface area contributed by atoms with E-state index >= 15 is 0 Å². The number of hydrogen-bond acceptors (Lipinski definition) is 4. The van der Waals surface area contributed by atoms with Crippen molar-refractivity contribution in [3.63, 3.8) is 0 Å². The third-order valence-corrected chi connectivity index (χ3v) is 5.52. The Bertz CT molecular complexity index is 726. The summed E-state index contributed by atoms with van der Waals surface area (Å²) in [6, 6.07) is 12.4. The van der Waals surface area contributed by atoms with Gasteiger partial charge in [0.2, 0.25) is 0 Å². The van der Waals surface area contributed by atoms with Crippen LogP contribution in [0.1, 0.15) is 11.1 Å². The standard InChI is InChI=1S/C15H18N2O2S2/c1-11-12(10-16)4-3-5-15(11)21(18,19)17-13-6-8-14(20-2)9-7-13/h3-9,17H,10,16H2,1-2H3. The summed E-state index contributed by atoms with van der Waals surface area (Å²) in [6.45, 7) is 2.09. The largest absolute Gasteiger partial charge is 0.326 e. The first-order chi connectivity index (χ1) is 9.97. The maximum Gasteiger partial charge on any atom is 0.262 e. The summed E-state index contributed by atoms with van der Waals surface area (Å²) in [6.07, 6.45) is 1.97. The number of nitrogens with one attached hydrogen (secondary N) is 1. The van der Waals surface area contributed by atoms with Crippen molar-refractivity contribution in [2.75, 3.05) is 11.0 Å². The summed E-state index contributed by atoms with van der Waals surface area (Å²) in [4.78, 5) is 1.35. The predicted octanol–water partition coefficient (Wildman–Crippen LogP) is 2.98. The number of thioether (sulfide) groups is 1. The molecule has 2 aromatic carbocycles. The van der Waals surface area contributed by atoms with Crippen LogP contribution in [0, 0.1) is 6.92 Å². The van der Waals surface area contributed by atoms with Gasteiger partial charge >= 0.3 is 0 Å². The minimum atomic E-state index is -3.61. The van der Waals surface area contributed by atoms with E-state index in [9.17, 15) is 8.42 Å². The lowest BCUT2D eigenvalue weighted by molar-refractivity contribution is 0.600. The van der Waals surface area contributed by atoms with Crippen molar-refractivity contribution in [1.29, 1.82) is 0 Å². The molecule has 0 aliphatic rings. The van der Waals surface area contributed by atoms with Gasteiger partial charge in [0.1, 0.15) is 0 Å². The average Bonchev–Trinajstić information content (AvgIpc) is 2.47. The van der Waals surface area contributed by atoms with E-state index in [1.807, 2.05) is 24.5 Å². The molecule has 4 nitrogen and oxygen atoms in total. The Morgan fingerprint density at radius 1 is 1.14 bits per heavy atom. The van der Waals surface area contributed by atoms with Crippen LogP contribution in [0.2, 0.25) is 0 Å². The van der Waals surface area contributed by atoms with E-state index in [0.717, 1.165) is 10.5 Å². The molecule has 6 heteroatoms. The molecule has 0 atom stereocenters. The molecule has 0 saturated carbocycles. The van der Waals surface area contributed by atoms with E-state index in [1.54, 1.807) is 43.0 Å². The monoisotopic (exact) mass is 322 g/mol. The maximum absolute atomic E-state index is 12.5. The van der Waals surface area contributed by atoms with Gasteiger partial charge in [0.25, 0.3) is 10.0 Å². The zero-order valence-corrected chi connectivity index (χ0v) is 13.6. The number of hydrogen-bond donors (Lipinski definition) is 2. The molecule has 21 heavy (non-hydrogen) atoms. The van der Waals surface area contributed by atoms with Gasteiger partial charge in [-0.05, 0) is 54.6 Å². The van der Waals surface area contributed by atoms with Gasteiger partial charge in [-0.1, -0.05) is 12.1 Å². The first kappa shape index (κ1) is 15.9. The first-order valence-electron chi connectivity index (χ1n) is 6.43. The normalized spacial score (nSPS) is 11.4. The van der Waals surface area contributed by atoms with Crippen LogP contribution in [-0.4, -0.2) is 14.7 Å². The Morgan fingerprint density at radius 3 is 2.38 bits per heavy atom. The molecule has 3 N–H and O–H groups in total. The maximum atomic E-state index is 12.5. The lowest BCUT2D eigenvalue weighted by atomic mass is 10.1. The highest BCUT2D eigenvalue weighted by atomic mass is 32.2. The number of anilines is 1. The van der Waals surface area contributed by atoms with E-state index in [0.29, 0.717) is 17.8 Å². The smallest absolute Gasteiger partial charge is 0.262 e. The SMILES string of the molecule is CSc1ccc(NS(=O)(=O)c2cccc(CN)c2C)cc1. The molecule has 0 heterocycles. The quantitative estimate of drug-likeness (QED) is 0.830. The first-order valence-corrected chi connectivity index (χ1v) is 9.14. The van der Waals surface area contributed by atoms with Gasteiger partial charge in [0.15, 0.2) is 0 Å². The molecule has 0 spiro atoms. The van der Waals surface area contributed by atoms with Crippen molar-refractivity contribution in [1.82, 2.24) is 0 Å². The lowest BCUT2D eigenvalue weighted by Crippen LogP contribution is -2.15. The molecule has 0 aliphatic carbocycles. The Labute approximate surface area is 129 Å². The fourth-order valence-corrected chi connectivity index (χ4v) is 3.80. The van der Waals surface area contributed by atoms with Gasteiger partial charge in [-0.25, -0.2) is 8.42 Å². The third-order valence-electron chi connectivity index (χ3n) is 3.25. The van der Waals surface area contributed by atoms with Gasteiger partial charge in [0.05, 0.1) is 4.90 Å². The molecule has 0 fully saturated rings. The molecule has 2 aromatic rings. The molecular formula is C15H18N2O2S2. The highest BCUT2D eigenvalue weighted by Crippen LogP contribution is 2.23. The van der Waals surface area contributed by atoms with Gasteiger partial charge < -0.3 is 5.73 Å². The van der Waals surface area contributed by atoms with E-state index in [2.05, 4.69) is 4.72 Å². The van der Waals surface area contributed by atoms with Crippen molar-refractivity contribution in [2.24, 2.45) is 5.73 Å². The molecule has 0 aliphatic heterocycles. The van der Waals surface area contributed by atoms with Gasteiger partial charge in [-0.3, -0.25) is 4.72 Å². The van der Waals surface area contributed by atoms with Crippen LogP contribution >= 0.6 is 11.8 Å². The minimum Gasteiger partial charge on any atom is -0.326 e. The van der Waals surface area contributed by atoms with Crippen molar-refractivity contribution < 1.29 is 8.42 Å². The van der Waals surface area contributed by atoms with Crippen molar-refractivity contribution >= 4 is 27.5 Å². The Kier molecular flexibility index (Phi) is 4.92. The van der Waals surface area contributed by atoms with E-state index in [-0.39, 0.29) is 4.90 Å². The molecule has 0 aromatic heterocycles. The third kappa shape index (κ3) is 3.58. The Balaban J connectivity index is 2.33. The highest BCUT2D eigenvalue weighted by Gasteiger charge is 2.18. The fraction of sp³-hybridized carbons (Fsp3) is 0.200. The van der Waals surface area contributed by atoms with Crippen LogP contribution in [0.25, 0.3) is 0 Å². The van der Waals surface area contributed by atoms with Crippen LogP contribution in [0.5, 0.6) is 0 Å². The zero-order valence-electron chi connectivity index (χ0n) is 12.0. The Hall–Kier alpha value is -1.50. The summed E-state index contributed by atoms with van der Waals surface area (Å²) in [5.74, 6) is 0. The highest BCUT2D eigenvalue weighted by molar-refractivity contribution is 7.98. The molecule has 0 saturated heterocycles. The second kappa shape index (κ2) is 6.51. The molecule has 0 radical (unpaired) electrons. The molecule has 2 rings (SSSR count). The van der Waals surface area contributed by atoms with Crippen LogP contribution < -0.4 is 10.5 Å². The molecule has 0 amide bonds. The fourth-order valence-electron chi connectivity index (χ4n) is 2.04. The number of rotatable bonds is 5. The van der Waals surface area contributed by atoms with Gasteiger partial charge in [-0.2, -0.15) is 0 Å². The number of benzene rings is 2. The van der Waals surface area contributed by atoms with Crippen molar-refractivity contribution in [2.45, 2.75) is 23.3 Å². The molecule has 112 valence electrons. The Morgan fingerprint density at radius 2 is 1.81 bits per heavy atom. The van der Waals surface area contributed by atoms with Gasteiger partial charge in [0, 0.05) is 17.1 Å². The summed E-state index contributed by atoms with van der Waals surface area (Å²) >= 11 is 1.61. The van der Waals surface area contributed by atoms with Crippen LogP contribution in [0.4, 0.5) is 5.69 Å². The number of sulfonamides is 1. The average molecular weight is 322 g/mol. The lowest BCUT2D eigenvalue weighted by Gasteiger charge is -2.13. The molecule has 0 bridgehead atoms. The second-order valence-electron chi connectivity index (χ2n) is 4.58. The van der Waals surface area contributed by atoms with E-state index < -0.39 is 10.0 Å². The van der Waals surface area contributed by atoms with E-state index in [1.165, 1.54) is 0 Å². The molecular weight excluding hydrogens is 304 g/mol. The summed E-state index contributed by atoms with van der Waals surface area (Å²) in [5.41, 5.74) is 7.69. The van der Waals surface area contributed by atoms with E-state index in [4.69, 9.17) is 5.73 Å². The summed E-state index contributed by atoms with van der Waals surface area (Å²) in [5, 5.41) is 0. The predicted molar refractivity (Wildman–Crippen MR) is 88.1 cm³/mol. The van der Waals surface area contributed by atoms with Crippen molar-refractivity contribution in [3.8, 4) is 0 Å². The topological polar surface area (TPSA) is 72.2 Å². The number of nitrogens with two attached hydrogens (primary N) is 1. The minimum absolute atomic E-state index is 0.263. The summed E-state index contributed by atoms with van der Waals surface area (Å²) in [7, 11) is -3.61. The van der Waals surface area contributed by atoms with Crippen LogP contribution in [0.15, 0.2) is 52.3 Å². The summed E-state index contributed by atoms with van der Waals surface area (Å²) < 4.78 is 27.6. The zero-order chi connectivity index (χ0) is 15.5. The van der Waals surface area contributed by atoms with Crippen LogP contribution in [-0.2, 0) is 16.6 Å². The van der Waals surface area contributed by atoms with Crippen LogP contribution in [0.3, 0.4) is 0 Å². The van der Waals surface area contributed by atoms with Crippen molar-refractivity contribution in [3.05, 3.63) is 53.6 Å². The second-order valence-corrected chi connectivity index (χ2v) is 7.11. The van der Waals surface area contributed by atoms with Gasteiger partial charge in [-0.15, -0.1) is 11.8 Å².